The fourth-order valence-electron chi connectivity index (χ4n) is 2.93. The highest BCUT2D eigenvalue weighted by Gasteiger charge is 2.27. The molecule has 0 aliphatic carbocycles. The van der Waals surface area contributed by atoms with Crippen LogP contribution in [0.2, 0.25) is 0 Å². The van der Waals surface area contributed by atoms with E-state index in [1.165, 1.54) is 0 Å². The summed E-state index contributed by atoms with van der Waals surface area (Å²) in [7, 11) is 0. The number of nitrogens with one attached hydrogen (secondary N) is 1. The van der Waals surface area contributed by atoms with Gasteiger partial charge in [0.15, 0.2) is 0 Å². The Morgan fingerprint density at radius 1 is 1.14 bits per heavy atom. The van der Waals surface area contributed by atoms with Gasteiger partial charge in [-0.2, -0.15) is 0 Å². The van der Waals surface area contributed by atoms with Crippen molar-refractivity contribution in [3.63, 3.8) is 0 Å². The molecule has 2 rings (SSSR count). The monoisotopic (exact) mass is 288 g/mol. The molecule has 0 aromatic heterocycles. The molecule has 1 aromatic carbocycles. The summed E-state index contributed by atoms with van der Waals surface area (Å²) in [4.78, 5) is 4.95. The number of piperazine rings is 1. The molecule has 0 bridgehead atoms. The number of benzene rings is 1. The molecule has 4 nitrogen and oxygen atoms in total. The van der Waals surface area contributed by atoms with Crippen LogP contribution in [0.25, 0.3) is 0 Å². The zero-order chi connectivity index (χ0) is 15.5. The normalized spacial score (nSPS) is 19.4. The SMILES string of the molecule is CC(C)(C)N1CCN(CC(C(=N)N)c2ccccc2)CC1. The van der Waals surface area contributed by atoms with Crippen molar-refractivity contribution in [1.82, 2.24) is 9.80 Å². The number of amidine groups is 1. The molecule has 1 unspecified atom stereocenters. The average Bonchev–Trinajstić information content (AvgIpc) is 2.45. The lowest BCUT2D eigenvalue weighted by molar-refractivity contribution is 0.0618. The summed E-state index contributed by atoms with van der Waals surface area (Å²) in [5.41, 5.74) is 7.21. The van der Waals surface area contributed by atoms with Crippen molar-refractivity contribution in [3.8, 4) is 0 Å². The molecule has 116 valence electrons. The molecule has 1 aromatic rings. The van der Waals surface area contributed by atoms with E-state index in [0.29, 0.717) is 0 Å². The molecule has 1 aliphatic rings. The molecule has 0 amide bonds. The Morgan fingerprint density at radius 3 is 2.19 bits per heavy atom. The smallest absolute Gasteiger partial charge is 0.0995 e. The standard InChI is InChI=1S/C17H28N4/c1-17(2,3)21-11-9-20(10-12-21)13-15(16(18)19)14-7-5-4-6-8-14/h4-8,15H,9-13H2,1-3H3,(H3,18,19). The van der Waals surface area contributed by atoms with Gasteiger partial charge in [-0.3, -0.25) is 15.2 Å². The minimum absolute atomic E-state index is 0.00684. The van der Waals surface area contributed by atoms with Crippen molar-refractivity contribution in [2.75, 3.05) is 32.7 Å². The summed E-state index contributed by atoms with van der Waals surface area (Å²) >= 11 is 0. The van der Waals surface area contributed by atoms with Crippen molar-refractivity contribution in [3.05, 3.63) is 35.9 Å². The van der Waals surface area contributed by atoms with Crippen molar-refractivity contribution in [1.29, 1.82) is 5.41 Å². The van der Waals surface area contributed by atoms with Crippen molar-refractivity contribution >= 4 is 5.84 Å². The first kappa shape index (κ1) is 16.0. The van der Waals surface area contributed by atoms with Gasteiger partial charge in [0.05, 0.1) is 11.8 Å². The highest BCUT2D eigenvalue weighted by molar-refractivity contribution is 5.84. The third-order valence-electron chi connectivity index (χ3n) is 4.34. The Kier molecular flexibility index (Phi) is 5.01. The van der Waals surface area contributed by atoms with E-state index >= 15 is 0 Å². The molecule has 1 aliphatic heterocycles. The van der Waals surface area contributed by atoms with Gasteiger partial charge in [-0.05, 0) is 26.3 Å². The van der Waals surface area contributed by atoms with Crippen LogP contribution in [0.4, 0.5) is 0 Å². The molecule has 0 saturated carbocycles. The van der Waals surface area contributed by atoms with Gasteiger partial charge < -0.3 is 5.73 Å². The zero-order valence-electron chi connectivity index (χ0n) is 13.5. The van der Waals surface area contributed by atoms with E-state index in [1.54, 1.807) is 0 Å². The number of hydrogen-bond donors (Lipinski definition) is 2. The maximum absolute atomic E-state index is 7.89. The molecule has 21 heavy (non-hydrogen) atoms. The lowest BCUT2D eigenvalue weighted by Crippen LogP contribution is -2.54. The molecule has 1 fully saturated rings. The van der Waals surface area contributed by atoms with Crippen LogP contribution in [0, 0.1) is 5.41 Å². The van der Waals surface area contributed by atoms with E-state index in [-0.39, 0.29) is 17.3 Å². The van der Waals surface area contributed by atoms with E-state index in [1.807, 2.05) is 18.2 Å². The first-order valence-electron chi connectivity index (χ1n) is 7.74. The van der Waals surface area contributed by atoms with Gasteiger partial charge in [-0.15, -0.1) is 0 Å². The second-order valence-corrected chi connectivity index (χ2v) is 6.88. The van der Waals surface area contributed by atoms with Crippen LogP contribution in [0.15, 0.2) is 30.3 Å². The number of rotatable bonds is 4. The predicted molar refractivity (Wildman–Crippen MR) is 88.9 cm³/mol. The highest BCUT2D eigenvalue weighted by Crippen LogP contribution is 2.20. The average molecular weight is 288 g/mol. The highest BCUT2D eigenvalue weighted by atomic mass is 15.3. The van der Waals surface area contributed by atoms with Crippen LogP contribution in [0.3, 0.4) is 0 Å². The number of nitrogens with zero attached hydrogens (tertiary/aromatic N) is 2. The largest absolute Gasteiger partial charge is 0.387 e. The molecule has 1 atom stereocenters. The second kappa shape index (κ2) is 6.58. The van der Waals surface area contributed by atoms with Gasteiger partial charge in [-0.25, -0.2) is 0 Å². The van der Waals surface area contributed by atoms with E-state index in [2.05, 4.69) is 42.7 Å². The fourth-order valence-corrected chi connectivity index (χ4v) is 2.93. The number of hydrogen-bond acceptors (Lipinski definition) is 3. The molecule has 3 N–H and O–H groups in total. The minimum Gasteiger partial charge on any atom is -0.387 e. The first-order valence-corrected chi connectivity index (χ1v) is 7.74. The van der Waals surface area contributed by atoms with Crippen molar-refractivity contribution < 1.29 is 0 Å². The molecule has 1 saturated heterocycles. The maximum atomic E-state index is 7.89. The fraction of sp³-hybridized carbons (Fsp3) is 0.588. The maximum Gasteiger partial charge on any atom is 0.0995 e. The van der Waals surface area contributed by atoms with Gasteiger partial charge >= 0.3 is 0 Å². The van der Waals surface area contributed by atoms with Gasteiger partial charge in [0.25, 0.3) is 0 Å². The Labute approximate surface area is 128 Å². The van der Waals surface area contributed by atoms with Crippen LogP contribution in [0.5, 0.6) is 0 Å². The van der Waals surface area contributed by atoms with Crippen LogP contribution in [-0.4, -0.2) is 53.9 Å². The Bertz CT molecular complexity index is 455. The Morgan fingerprint density at radius 2 is 1.71 bits per heavy atom. The topological polar surface area (TPSA) is 56.4 Å². The predicted octanol–water partition coefficient (Wildman–Crippen LogP) is 2.12. The van der Waals surface area contributed by atoms with E-state index in [0.717, 1.165) is 38.3 Å². The molecule has 0 spiro atoms. The van der Waals surface area contributed by atoms with E-state index in [4.69, 9.17) is 11.1 Å². The van der Waals surface area contributed by atoms with Crippen LogP contribution in [0.1, 0.15) is 32.3 Å². The summed E-state index contributed by atoms with van der Waals surface area (Å²) in [6.45, 7) is 11.9. The van der Waals surface area contributed by atoms with Crippen LogP contribution < -0.4 is 5.73 Å². The third-order valence-corrected chi connectivity index (χ3v) is 4.34. The van der Waals surface area contributed by atoms with Crippen molar-refractivity contribution in [2.45, 2.75) is 32.2 Å². The van der Waals surface area contributed by atoms with Gasteiger partial charge in [0, 0.05) is 38.3 Å². The van der Waals surface area contributed by atoms with E-state index < -0.39 is 0 Å². The first-order chi connectivity index (χ1) is 9.88. The summed E-state index contributed by atoms with van der Waals surface area (Å²) in [5.74, 6) is 0.270. The summed E-state index contributed by atoms with van der Waals surface area (Å²) in [6, 6.07) is 10.2. The second-order valence-electron chi connectivity index (χ2n) is 6.88. The van der Waals surface area contributed by atoms with Crippen molar-refractivity contribution in [2.24, 2.45) is 5.73 Å². The lowest BCUT2D eigenvalue weighted by Gasteiger charge is -2.43. The Hall–Kier alpha value is -1.39. The Balaban J connectivity index is 1.96. The van der Waals surface area contributed by atoms with Gasteiger partial charge in [0.1, 0.15) is 0 Å². The molecular weight excluding hydrogens is 260 g/mol. The third kappa shape index (κ3) is 4.29. The summed E-state index contributed by atoms with van der Waals surface area (Å²) in [5, 5.41) is 7.89. The lowest BCUT2D eigenvalue weighted by atomic mass is 9.97. The van der Waals surface area contributed by atoms with Crippen LogP contribution in [-0.2, 0) is 0 Å². The zero-order valence-corrected chi connectivity index (χ0v) is 13.5. The van der Waals surface area contributed by atoms with E-state index in [9.17, 15) is 0 Å². The summed E-state index contributed by atoms with van der Waals surface area (Å²) < 4.78 is 0. The van der Waals surface area contributed by atoms with Gasteiger partial charge in [-0.1, -0.05) is 30.3 Å². The molecular formula is C17H28N4. The molecule has 0 radical (unpaired) electrons. The minimum atomic E-state index is 0.00684. The molecule has 1 heterocycles. The quantitative estimate of drug-likeness (QED) is 0.659. The molecule has 4 heteroatoms. The van der Waals surface area contributed by atoms with Gasteiger partial charge in [0.2, 0.25) is 0 Å². The number of nitrogens with two attached hydrogens (primary N) is 1. The van der Waals surface area contributed by atoms with Crippen LogP contribution >= 0.6 is 0 Å². The summed E-state index contributed by atoms with van der Waals surface area (Å²) in [6.07, 6.45) is 0.